The maximum absolute atomic E-state index is 12.2. The zero-order valence-electron chi connectivity index (χ0n) is 14.0. The number of aromatic hydroxyl groups is 1. The Labute approximate surface area is 146 Å². The number of anilines is 1. The third-order valence-corrected chi connectivity index (χ3v) is 3.41. The highest BCUT2D eigenvalue weighted by Crippen LogP contribution is 2.20. The van der Waals surface area contributed by atoms with Crippen LogP contribution in [0.4, 0.5) is 10.5 Å². The van der Waals surface area contributed by atoms with Crippen LogP contribution in [0.3, 0.4) is 0 Å². The maximum atomic E-state index is 12.2. The van der Waals surface area contributed by atoms with Crippen molar-refractivity contribution in [1.82, 2.24) is 10.3 Å². The topological polar surface area (TPSA) is 101 Å². The molecule has 25 heavy (non-hydrogen) atoms. The van der Waals surface area contributed by atoms with E-state index >= 15 is 0 Å². The lowest BCUT2D eigenvalue weighted by Gasteiger charge is -2.10. The molecule has 0 bridgehead atoms. The van der Waals surface area contributed by atoms with Gasteiger partial charge in [-0.15, -0.1) is 0 Å². The van der Waals surface area contributed by atoms with E-state index in [1.165, 1.54) is 12.1 Å². The number of nitrogens with zero attached hydrogens (tertiary/aromatic N) is 1. The smallest absolute Gasteiger partial charge is 0.407 e. The standard InChI is InChI=1S/C18H21N3O4/c1-2-3-10-25-18(24)20-12-13-4-5-15(16(22)11-13)17(23)21-14-6-8-19-9-7-14/h4-9,11,22H,2-3,10,12H2,1H3,(H,20,24)(H,19,21,23). The molecule has 2 aromatic rings. The summed E-state index contributed by atoms with van der Waals surface area (Å²) in [5.74, 6) is -0.590. The number of benzene rings is 1. The second kappa shape index (κ2) is 9.27. The van der Waals surface area contributed by atoms with Gasteiger partial charge >= 0.3 is 6.09 Å². The first-order chi connectivity index (χ1) is 12.1. The molecule has 2 rings (SSSR count). The summed E-state index contributed by atoms with van der Waals surface area (Å²) >= 11 is 0. The van der Waals surface area contributed by atoms with Gasteiger partial charge in [0.05, 0.1) is 12.2 Å². The number of amides is 2. The van der Waals surface area contributed by atoms with Crippen LogP contribution < -0.4 is 10.6 Å². The Morgan fingerprint density at radius 1 is 1.20 bits per heavy atom. The number of phenolic OH excluding ortho intramolecular Hbond substituents is 1. The third kappa shape index (κ3) is 5.80. The van der Waals surface area contributed by atoms with E-state index in [1.807, 2.05) is 6.92 Å². The molecule has 0 aliphatic carbocycles. The summed E-state index contributed by atoms with van der Waals surface area (Å²) in [6.45, 7) is 2.59. The summed E-state index contributed by atoms with van der Waals surface area (Å²) in [4.78, 5) is 27.5. The molecule has 1 heterocycles. The zero-order chi connectivity index (χ0) is 18.1. The Hall–Kier alpha value is -3.09. The molecule has 7 heteroatoms. The number of rotatable bonds is 7. The fourth-order valence-corrected chi connectivity index (χ4v) is 2.05. The summed E-state index contributed by atoms with van der Waals surface area (Å²) in [6, 6.07) is 7.90. The lowest BCUT2D eigenvalue weighted by atomic mass is 10.1. The van der Waals surface area contributed by atoms with Gasteiger partial charge in [0, 0.05) is 24.6 Å². The van der Waals surface area contributed by atoms with Crippen LogP contribution in [0.1, 0.15) is 35.7 Å². The van der Waals surface area contributed by atoms with Gasteiger partial charge in [0.25, 0.3) is 5.91 Å². The minimum absolute atomic E-state index is 0.145. The third-order valence-electron chi connectivity index (χ3n) is 3.41. The van der Waals surface area contributed by atoms with Crippen LogP contribution in [-0.2, 0) is 11.3 Å². The molecule has 0 aliphatic heterocycles. The lowest BCUT2D eigenvalue weighted by molar-refractivity contribution is 0.102. The van der Waals surface area contributed by atoms with Gasteiger partial charge in [-0.3, -0.25) is 9.78 Å². The fraction of sp³-hybridized carbons (Fsp3) is 0.278. The monoisotopic (exact) mass is 343 g/mol. The Balaban J connectivity index is 1.91. The SMILES string of the molecule is CCCCOC(=O)NCc1ccc(C(=O)Nc2ccncc2)c(O)c1. The molecule has 0 saturated carbocycles. The molecule has 132 valence electrons. The number of alkyl carbamates (subject to hydrolysis) is 1. The Morgan fingerprint density at radius 3 is 2.64 bits per heavy atom. The first-order valence-electron chi connectivity index (χ1n) is 8.04. The van der Waals surface area contributed by atoms with Gasteiger partial charge in [-0.2, -0.15) is 0 Å². The number of hydrogen-bond acceptors (Lipinski definition) is 5. The van der Waals surface area contributed by atoms with Crippen molar-refractivity contribution in [3.8, 4) is 5.75 Å². The first kappa shape index (κ1) is 18.3. The highest BCUT2D eigenvalue weighted by atomic mass is 16.5. The number of carbonyl (C=O) groups is 2. The molecular formula is C18H21N3O4. The Kier molecular flexibility index (Phi) is 6.76. The highest BCUT2D eigenvalue weighted by Gasteiger charge is 2.12. The molecule has 0 spiro atoms. The molecule has 0 atom stereocenters. The molecule has 3 N–H and O–H groups in total. The number of ether oxygens (including phenoxy) is 1. The molecule has 0 aliphatic rings. The molecule has 0 radical (unpaired) electrons. The van der Waals surface area contributed by atoms with Crippen molar-refractivity contribution in [3.63, 3.8) is 0 Å². The molecular weight excluding hydrogens is 322 g/mol. The van der Waals surface area contributed by atoms with Crippen LogP contribution in [0.2, 0.25) is 0 Å². The van der Waals surface area contributed by atoms with Gasteiger partial charge in [0.1, 0.15) is 5.75 Å². The number of phenols is 1. The molecule has 0 unspecified atom stereocenters. The van der Waals surface area contributed by atoms with E-state index in [1.54, 1.807) is 30.6 Å². The minimum Gasteiger partial charge on any atom is -0.507 e. The zero-order valence-corrected chi connectivity index (χ0v) is 14.0. The van der Waals surface area contributed by atoms with Crippen LogP contribution >= 0.6 is 0 Å². The van der Waals surface area contributed by atoms with Gasteiger partial charge < -0.3 is 20.5 Å². The van der Waals surface area contributed by atoms with Crippen molar-refractivity contribution in [3.05, 3.63) is 53.9 Å². The van der Waals surface area contributed by atoms with Crippen LogP contribution in [-0.4, -0.2) is 28.7 Å². The van der Waals surface area contributed by atoms with Crippen LogP contribution in [0.25, 0.3) is 0 Å². The Bertz CT molecular complexity index is 720. The van der Waals surface area contributed by atoms with Gasteiger partial charge in [0.2, 0.25) is 0 Å². The summed E-state index contributed by atoms with van der Waals surface area (Å²) in [5.41, 5.74) is 1.39. The molecule has 2 amide bonds. The molecule has 0 saturated heterocycles. The molecule has 0 fully saturated rings. The number of nitrogens with one attached hydrogen (secondary N) is 2. The fourth-order valence-electron chi connectivity index (χ4n) is 2.05. The van der Waals surface area contributed by atoms with E-state index in [4.69, 9.17) is 4.74 Å². The predicted octanol–water partition coefficient (Wildman–Crippen LogP) is 3.07. The van der Waals surface area contributed by atoms with E-state index in [2.05, 4.69) is 15.6 Å². The second-order valence-electron chi connectivity index (χ2n) is 5.38. The minimum atomic E-state index is -0.507. The van der Waals surface area contributed by atoms with Crippen LogP contribution in [0.5, 0.6) is 5.75 Å². The average Bonchev–Trinajstić information content (AvgIpc) is 2.61. The summed E-state index contributed by atoms with van der Waals surface area (Å²) in [5, 5.41) is 15.3. The highest BCUT2D eigenvalue weighted by molar-refractivity contribution is 6.06. The van der Waals surface area contributed by atoms with E-state index < -0.39 is 12.0 Å². The van der Waals surface area contributed by atoms with E-state index in [9.17, 15) is 14.7 Å². The van der Waals surface area contributed by atoms with Crippen molar-refractivity contribution in [2.24, 2.45) is 0 Å². The number of pyridine rings is 1. The maximum Gasteiger partial charge on any atom is 0.407 e. The van der Waals surface area contributed by atoms with E-state index in [0.29, 0.717) is 17.9 Å². The quantitative estimate of drug-likeness (QED) is 0.671. The number of hydrogen-bond donors (Lipinski definition) is 3. The normalized spacial score (nSPS) is 10.1. The van der Waals surface area contributed by atoms with Crippen molar-refractivity contribution in [2.45, 2.75) is 26.3 Å². The van der Waals surface area contributed by atoms with E-state index in [-0.39, 0.29) is 17.9 Å². The molecule has 1 aromatic carbocycles. The van der Waals surface area contributed by atoms with Crippen molar-refractivity contribution in [1.29, 1.82) is 0 Å². The second-order valence-corrected chi connectivity index (χ2v) is 5.38. The van der Waals surface area contributed by atoms with Crippen molar-refractivity contribution in [2.75, 3.05) is 11.9 Å². The van der Waals surface area contributed by atoms with E-state index in [0.717, 1.165) is 12.8 Å². The Morgan fingerprint density at radius 2 is 1.96 bits per heavy atom. The van der Waals surface area contributed by atoms with Gasteiger partial charge in [0.15, 0.2) is 0 Å². The van der Waals surface area contributed by atoms with Crippen molar-refractivity contribution < 1.29 is 19.4 Å². The predicted molar refractivity (Wildman–Crippen MR) is 93.4 cm³/mol. The lowest BCUT2D eigenvalue weighted by Crippen LogP contribution is -2.24. The van der Waals surface area contributed by atoms with Gasteiger partial charge in [-0.05, 0) is 36.2 Å². The number of aromatic nitrogens is 1. The molecule has 1 aromatic heterocycles. The van der Waals surface area contributed by atoms with Gasteiger partial charge in [-0.25, -0.2) is 4.79 Å². The van der Waals surface area contributed by atoms with Crippen LogP contribution in [0.15, 0.2) is 42.7 Å². The van der Waals surface area contributed by atoms with Crippen LogP contribution in [0, 0.1) is 0 Å². The first-order valence-corrected chi connectivity index (χ1v) is 8.04. The molecule has 7 nitrogen and oxygen atoms in total. The summed E-state index contributed by atoms with van der Waals surface area (Å²) in [6.07, 6.45) is 4.38. The summed E-state index contributed by atoms with van der Waals surface area (Å²) < 4.78 is 4.98. The summed E-state index contributed by atoms with van der Waals surface area (Å²) in [7, 11) is 0. The number of unbranched alkanes of at least 4 members (excludes halogenated alkanes) is 1. The average molecular weight is 343 g/mol. The van der Waals surface area contributed by atoms with Gasteiger partial charge in [-0.1, -0.05) is 19.4 Å². The largest absolute Gasteiger partial charge is 0.507 e. The van der Waals surface area contributed by atoms with Crippen molar-refractivity contribution >= 4 is 17.7 Å². The number of carbonyl (C=O) groups excluding carboxylic acids is 2.